The van der Waals surface area contributed by atoms with E-state index in [0.29, 0.717) is 0 Å². The summed E-state index contributed by atoms with van der Waals surface area (Å²) >= 11 is 0. The molecule has 0 atom stereocenters. The van der Waals surface area contributed by atoms with Crippen molar-refractivity contribution in [1.29, 1.82) is 0 Å². The van der Waals surface area contributed by atoms with Gasteiger partial charge in [0.2, 0.25) is 0 Å². The first kappa shape index (κ1) is 18.0. The van der Waals surface area contributed by atoms with Crippen LogP contribution in [0.3, 0.4) is 0 Å². The molecule has 0 N–H and O–H groups in total. The molecule has 0 spiro atoms. The number of benzene rings is 1. The van der Waals surface area contributed by atoms with Gasteiger partial charge in [0.15, 0.2) is 15.5 Å². The van der Waals surface area contributed by atoms with Gasteiger partial charge in [0.25, 0.3) is 0 Å². The molecule has 0 aliphatic rings. The van der Waals surface area contributed by atoms with Crippen molar-refractivity contribution in [2.75, 3.05) is 25.3 Å². The monoisotopic (exact) mass is 361 g/mol. The summed E-state index contributed by atoms with van der Waals surface area (Å²) in [5, 5.41) is 0. The number of anilines is 1. The molecule has 0 unspecified atom stereocenters. The van der Waals surface area contributed by atoms with Crippen molar-refractivity contribution < 1.29 is 26.3 Å². The van der Waals surface area contributed by atoms with Gasteiger partial charge in [-0.3, -0.25) is 0 Å². The summed E-state index contributed by atoms with van der Waals surface area (Å²) in [5.74, 6) is 0.145. The summed E-state index contributed by atoms with van der Waals surface area (Å²) in [7, 11) is -0.309. The van der Waals surface area contributed by atoms with E-state index in [4.69, 9.17) is 4.74 Å². The van der Waals surface area contributed by atoms with Crippen LogP contribution in [0.5, 0.6) is 11.8 Å². The quantitative estimate of drug-likeness (QED) is 0.834. The molecule has 0 amide bonds. The Labute approximate surface area is 136 Å². The van der Waals surface area contributed by atoms with Gasteiger partial charge in [-0.25, -0.2) is 8.42 Å². The highest BCUT2D eigenvalue weighted by atomic mass is 32.2. The average molecular weight is 361 g/mol. The zero-order chi connectivity index (χ0) is 18.1. The Morgan fingerprint density at radius 3 is 2.12 bits per heavy atom. The van der Waals surface area contributed by atoms with E-state index < -0.39 is 27.7 Å². The minimum atomic E-state index is -4.65. The van der Waals surface area contributed by atoms with Crippen LogP contribution in [0.25, 0.3) is 0 Å². The number of halogens is 3. The Morgan fingerprint density at radius 1 is 1.08 bits per heavy atom. The van der Waals surface area contributed by atoms with Crippen LogP contribution in [0.4, 0.5) is 19.0 Å². The number of rotatable bonds is 4. The minimum absolute atomic E-state index is 0.0279. The number of sulfone groups is 1. The molecule has 1 aromatic carbocycles. The first-order valence-corrected chi connectivity index (χ1v) is 8.47. The zero-order valence-corrected chi connectivity index (χ0v) is 13.8. The SMILES string of the molecule is CN(C)c1cc(C(F)(F)F)nc(Oc2ccc(S(C)(=O)=O)cc2)n1. The van der Waals surface area contributed by atoms with Crippen molar-refractivity contribution in [3.05, 3.63) is 36.0 Å². The number of aromatic nitrogens is 2. The van der Waals surface area contributed by atoms with E-state index in [1.165, 1.54) is 43.3 Å². The summed E-state index contributed by atoms with van der Waals surface area (Å²) in [4.78, 5) is 8.69. The minimum Gasteiger partial charge on any atom is -0.424 e. The Kier molecular flexibility index (Phi) is 4.70. The van der Waals surface area contributed by atoms with E-state index in [9.17, 15) is 21.6 Å². The normalized spacial score (nSPS) is 12.1. The fourth-order valence-electron chi connectivity index (χ4n) is 1.69. The molecule has 1 heterocycles. The predicted octanol–water partition coefficient (Wildman–Crippen LogP) is 2.76. The van der Waals surface area contributed by atoms with Crippen molar-refractivity contribution >= 4 is 15.7 Å². The maximum Gasteiger partial charge on any atom is 0.433 e. The lowest BCUT2D eigenvalue weighted by Gasteiger charge is -2.15. The highest BCUT2D eigenvalue weighted by Crippen LogP contribution is 2.31. The van der Waals surface area contributed by atoms with Gasteiger partial charge in [0, 0.05) is 26.4 Å². The molecule has 0 fully saturated rings. The molecule has 0 aliphatic carbocycles. The maximum atomic E-state index is 12.9. The van der Waals surface area contributed by atoms with Gasteiger partial charge in [-0.1, -0.05) is 0 Å². The van der Waals surface area contributed by atoms with Crippen LogP contribution in [0, 0.1) is 0 Å². The summed E-state index contributed by atoms with van der Waals surface area (Å²) in [6.45, 7) is 0. The lowest BCUT2D eigenvalue weighted by molar-refractivity contribution is -0.141. The second kappa shape index (κ2) is 6.27. The molecule has 0 saturated carbocycles. The Hall–Kier alpha value is -2.36. The predicted molar refractivity (Wildman–Crippen MR) is 81.0 cm³/mol. The lowest BCUT2D eigenvalue weighted by Crippen LogP contribution is -2.16. The third kappa shape index (κ3) is 4.34. The highest BCUT2D eigenvalue weighted by molar-refractivity contribution is 7.90. The van der Waals surface area contributed by atoms with Crippen LogP contribution in [0.1, 0.15) is 5.69 Å². The Bertz CT molecular complexity index is 835. The molecule has 0 aliphatic heterocycles. The molecule has 6 nitrogen and oxygen atoms in total. The number of ether oxygens (including phenoxy) is 1. The van der Waals surface area contributed by atoms with Crippen LogP contribution in [0.2, 0.25) is 0 Å². The third-order valence-electron chi connectivity index (χ3n) is 2.90. The summed E-state index contributed by atoms with van der Waals surface area (Å²) in [5.41, 5.74) is -1.14. The van der Waals surface area contributed by atoms with Crippen LogP contribution in [-0.4, -0.2) is 38.7 Å². The number of nitrogens with zero attached hydrogens (tertiary/aromatic N) is 3. The van der Waals surface area contributed by atoms with Crippen LogP contribution >= 0.6 is 0 Å². The largest absolute Gasteiger partial charge is 0.433 e. The van der Waals surface area contributed by atoms with Gasteiger partial charge in [-0.2, -0.15) is 23.1 Å². The molecule has 24 heavy (non-hydrogen) atoms. The molecule has 0 radical (unpaired) electrons. The van der Waals surface area contributed by atoms with Crippen molar-refractivity contribution in [3.8, 4) is 11.8 Å². The first-order chi connectivity index (χ1) is 11.0. The van der Waals surface area contributed by atoms with Gasteiger partial charge >= 0.3 is 12.2 Å². The van der Waals surface area contributed by atoms with E-state index in [1.807, 2.05) is 0 Å². The van der Waals surface area contributed by atoms with E-state index in [2.05, 4.69) is 9.97 Å². The molecular weight excluding hydrogens is 347 g/mol. The Morgan fingerprint density at radius 2 is 1.67 bits per heavy atom. The molecule has 10 heteroatoms. The van der Waals surface area contributed by atoms with Gasteiger partial charge in [-0.05, 0) is 24.3 Å². The lowest BCUT2D eigenvalue weighted by atomic mass is 10.3. The number of alkyl halides is 3. The van der Waals surface area contributed by atoms with E-state index in [0.717, 1.165) is 12.3 Å². The van der Waals surface area contributed by atoms with Gasteiger partial charge < -0.3 is 9.64 Å². The topological polar surface area (TPSA) is 72.4 Å². The second-order valence-corrected chi connectivity index (χ2v) is 7.15. The van der Waals surface area contributed by atoms with Gasteiger partial charge in [0.1, 0.15) is 11.6 Å². The van der Waals surface area contributed by atoms with Crippen molar-refractivity contribution in [1.82, 2.24) is 9.97 Å². The van der Waals surface area contributed by atoms with Crippen LogP contribution in [0.15, 0.2) is 35.2 Å². The molecule has 2 rings (SSSR count). The fourth-order valence-corrected chi connectivity index (χ4v) is 2.32. The molecule has 1 aromatic heterocycles. The van der Waals surface area contributed by atoms with Gasteiger partial charge in [-0.15, -0.1) is 0 Å². The number of hydrogen-bond donors (Lipinski definition) is 0. The van der Waals surface area contributed by atoms with Gasteiger partial charge in [0.05, 0.1) is 4.90 Å². The fraction of sp³-hybridized carbons (Fsp3) is 0.286. The smallest absolute Gasteiger partial charge is 0.424 e. The summed E-state index contributed by atoms with van der Waals surface area (Å²) in [6, 6.07) is 5.52. The maximum absolute atomic E-state index is 12.9. The molecule has 0 saturated heterocycles. The van der Waals surface area contributed by atoms with Crippen LogP contribution < -0.4 is 9.64 Å². The third-order valence-corrected chi connectivity index (χ3v) is 4.03. The van der Waals surface area contributed by atoms with Crippen molar-refractivity contribution in [2.24, 2.45) is 0 Å². The zero-order valence-electron chi connectivity index (χ0n) is 13.0. The summed E-state index contributed by atoms with van der Waals surface area (Å²) < 4.78 is 66.7. The highest BCUT2D eigenvalue weighted by Gasteiger charge is 2.34. The second-order valence-electron chi connectivity index (χ2n) is 5.13. The molecule has 130 valence electrons. The van der Waals surface area contributed by atoms with Crippen LogP contribution in [-0.2, 0) is 16.0 Å². The number of hydrogen-bond acceptors (Lipinski definition) is 6. The first-order valence-electron chi connectivity index (χ1n) is 6.58. The molecular formula is C14H14F3N3O3S. The standard InChI is InChI=1S/C14H14F3N3O3S/c1-20(2)12-8-11(14(15,16)17)18-13(19-12)23-9-4-6-10(7-5-9)24(3,21)22/h4-8H,1-3H3. The van der Waals surface area contributed by atoms with E-state index in [1.54, 1.807) is 0 Å². The summed E-state index contributed by atoms with van der Waals surface area (Å²) in [6.07, 6.45) is -3.60. The average Bonchev–Trinajstić information content (AvgIpc) is 2.45. The van der Waals surface area contributed by atoms with Crippen molar-refractivity contribution in [3.63, 3.8) is 0 Å². The molecule has 0 bridgehead atoms. The Balaban J connectivity index is 2.37. The van der Waals surface area contributed by atoms with Crippen molar-refractivity contribution in [2.45, 2.75) is 11.1 Å². The van der Waals surface area contributed by atoms with E-state index >= 15 is 0 Å². The molecule has 2 aromatic rings. The van der Waals surface area contributed by atoms with E-state index in [-0.39, 0.29) is 16.5 Å².